The van der Waals surface area contributed by atoms with Gasteiger partial charge in [-0.1, -0.05) is 29.8 Å². The van der Waals surface area contributed by atoms with E-state index in [4.69, 9.17) is 4.74 Å². The molecule has 0 aliphatic carbocycles. The van der Waals surface area contributed by atoms with Crippen molar-refractivity contribution in [2.75, 3.05) is 36.5 Å². The van der Waals surface area contributed by atoms with Gasteiger partial charge in [0.1, 0.15) is 11.6 Å². The lowest BCUT2D eigenvalue weighted by molar-refractivity contribution is 0.102. The molecule has 0 radical (unpaired) electrons. The van der Waals surface area contributed by atoms with E-state index in [1.54, 1.807) is 22.8 Å². The Balaban J connectivity index is 1.42. The molecule has 1 N–H and O–H groups in total. The van der Waals surface area contributed by atoms with Gasteiger partial charge >= 0.3 is 0 Å². The number of carbonyl (C=O) groups excluding carboxylic acids is 1. The number of benzene rings is 1. The zero-order chi connectivity index (χ0) is 21.2. The number of pyridine rings is 1. The lowest BCUT2D eigenvalue weighted by Gasteiger charge is -2.28. The average Bonchev–Trinajstić information content (AvgIpc) is 3.24. The average molecular weight is 414 g/mol. The minimum Gasteiger partial charge on any atom is -0.378 e. The molecule has 4 heterocycles. The first-order valence-electron chi connectivity index (χ1n) is 10.2. The summed E-state index contributed by atoms with van der Waals surface area (Å²) in [5, 5.41) is 7.21. The Bertz CT molecular complexity index is 1250. The molecule has 0 bridgehead atoms. The van der Waals surface area contributed by atoms with Crippen molar-refractivity contribution in [2.24, 2.45) is 0 Å². The minimum atomic E-state index is -0.277. The van der Waals surface area contributed by atoms with Crippen molar-refractivity contribution in [3.8, 4) is 11.3 Å². The number of nitrogens with one attached hydrogen (secondary N) is 1. The van der Waals surface area contributed by atoms with E-state index in [0.29, 0.717) is 30.2 Å². The van der Waals surface area contributed by atoms with Crippen molar-refractivity contribution in [1.29, 1.82) is 0 Å². The fourth-order valence-electron chi connectivity index (χ4n) is 3.66. The van der Waals surface area contributed by atoms with Crippen LogP contribution in [0.5, 0.6) is 0 Å². The number of imidazole rings is 1. The fraction of sp³-hybridized carbons (Fsp3) is 0.217. The zero-order valence-electron chi connectivity index (χ0n) is 17.2. The van der Waals surface area contributed by atoms with Crippen LogP contribution in [0.1, 0.15) is 15.9 Å². The molecule has 1 aliphatic rings. The highest BCUT2D eigenvalue weighted by Crippen LogP contribution is 2.22. The van der Waals surface area contributed by atoms with Crippen LogP contribution in [-0.4, -0.2) is 51.8 Å². The maximum absolute atomic E-state index is 13.0. The first kappa shape index (κ1) is 19.2. The van der Waals surface area contributed by atoms with E-state index in [-0.39, 0.29) is 5.91 Å². The van der Waals surface area contributed by atoms with Crippen LogP contribution in [0.4, 0.5) is 11.6 Å². The number of aryl methyl sites for hydroxylation is 1. The van der Waals surface area contributed by atoms with E-state index in [0.717, 1.165) is 35.7 Å². The highest BCUT2D eigenvalue weighted by molar-refractivity contribution is 6.08. The predicted octanol–water partition coefficient (Wildman–Crippen LogP) is 3.19. The molecule has 0 atom stereocenters. The summed E-state index contributed by atoms with van der Waals surface area (Å²) in [6.07, 6.45) is 3.43. The second kappa shape index (κ2) is 8.16. The Morgan fingerprint density at radius 2 is 1.90 bits per heavy atom. The van der Waals surface area contributed by atoms with Gasteiger partial charge < -0.3 is 15.0 Å². The van der Waals surface area contributed by atoms with Gasteiger partial charge in [-0.2, -0.15) is 5.10 Å². The molecule has 4 aromatic rings. The van der Waals surface area contributed by atoms with Crippen LogP contribution in [-0.2, 0) is 4.74 Å². The number of morpholine rings is 1. The highest BCUT2D eigenvalue weighted by atomic mass is 16.5. The Morgan fingerprint density at radius 3 is 2.74 bits per heavy atom. The van der Waals surface area contributed by atoms with Crippen molar-refractivity contribution < 1.29 is 9.53 Å². The summed E-state index contributed by atoms with van der Waals surface area (Å²) in [4.78, 5) is 24.5. The molecule has 8 nitrogen and oxygen atoms in total. The van der Waals surface area contributed by atoms with E-state index < -0.39 is 0 Å². The lowest BCUT2D eigenvalue weighted by Crippen LogP contribution is -2.36. The number of anilines is 2. The van der Waals surface area contributed by atoms with E-state index in [2.05, 4.69) is 31.3 Å². The molecule has 0 saturated carbocycles. The van der Waals surface area contributed by atoms with E-state index >= 15 is 0 Å². The number of hydrogen-bond acceptors (Lipinski definition) is 6. The van der Waals surface area contributed by atoms with Crippen LogP contribution < -0.4 is 10.2 Å². The number of amides is 1. The summed E-state index contributed by atoms with van der Waals surface area (Å²) < 4.78 is 7.03. The van der Waals surface area contributed by atoms with E-state index in [1.165, 1.54) is 0 Å². The number of carbonyl (C=O) groups is 1. The molecule has 1 aromatic carbocycles. The van der Waals surface area contributed by atoms with Crippen molar-refractivity contribution in [3.63, 3.8) is 0 Å². The molecule has 1 aliphatic heterocycles. The summed E-state index contributed by atoms with van der Waals surface area (Å²) in [5.74, 6) is 1.04. The van der Waals surface area contributed by atoms with Gasteiger partial charge in [0.15, 0.2) is 5.65 Å². The van der Waals surface area contributed by atoms with E-state index in [9.17, 15) is 4.79 Å². The van der Waals surface area contributed by atoms with Crippen LogP contribution in [0.15, 0.2) is 60.9 Å². The third-order valence-electron chi connectivity index (χ3n) is 5.23. The molecular weight excluding hydrogens is 392 g/mol. The number of ether oxygens (including phenoxy) is 1. The van der Waals surface area contributed by atoms with Crippen LogP contribution in [0, 0.1) is 6.92 Å². The van der Waals surface area contributed by atoms with Crippen molar-refractivity contribution >= 4 is 23.2 Å². The Kier molecular flexibility index (Phi) is 5.05. The summed E-state index contributed by atoms with van der Waals surface area (Å²) in [6, 6.07) is 15.4. The quantitative estimate of drug-likeness (QED) is 0.552. The largest absolute Gasteiger partial charge is 0.378 e. The monoisotopic (exact) mass is 414 g/mol. The number of rotatable bonds is 4. The number of aromatic nitrogens is 4. The lowest BCUT2D eigenvalue weighted by atomic mass is 10.1. The number of nitrogens with zero attached hydrogens (tertiary/aromatic N) is 5. The Hall–Kier alpha value is -3.78. The molecule has 3 aromatic heterocycles. The second-order valence-electron chi connectivity index (χ2n) is 7.44. The van der Waals surface area contributed by atoms with Crippen LogP contribution in [0.3, 0.4) is 0 Å². The predicted molar refractivity (Wildman–Crippen MR) is 118 cm³/mol. The van der Waals surface area contributed by atoms with Crippen LogP contribution >= 0.6 is 0 Å². The topological polar surface area (TPSA) is 84.7 Å². The van der Waals surface area contributed by atoms with Crippen LogP contribution in [0.25, 0.3) is 16.9 Å². The normalized spacial score (nSPS) is 14.0. The maximum Gasteiger partial charge on any atom is 0.260 e. The van der Waals surface area contributed by atoms with Gasteiger partial charge in [0.05, 0.1) is 30.7 Å². The summed E-state index contributed by atoms with van der Waals surface area (Å²) >= 11 is 0. The zero-order valence-corrected chi connectivity index (χ0v) is 17.2. The number of hydrogen-bond donors (Lipinski definition) is 1. The van der Waals surface area contributed by atoms with Crippen LogP contribution in [0.2, 0.25) is 0 Å². The molecule has 8 heteroatoms. The first-order valence-corrected chi connectivity index (χ1v) is 10.2. The SMILES string of the molecule is Cc1cccc(-c2cn3nccc(C(=O)Nc4cccc(N5CCOCC5)n4)c3n2)c1. The first-order chi connectivity index (χ1) is 15.2. The molecule has 1 saturated heterocycles. The van der Waals surface area contributed by atoms with Crippen molar-refractivity contribution in [3.05, 3.63) is 72.1 Å². The standard InChI is InChI=1S/C23H22N6O2/c1-16-4-2-5-17(14-16)19-15-29-22(25-19)18(8-9-24-29)23(30)27-20-6-3-7-21(26-20)28-10-12-31-13-11-28/h2-9,14-15H,10-13H2,1H3,(H,26,27,30). The second-order valence-corrected chi connectivity index (χ2v) is 7.44. The van der Waals surface area contributed by atoms with Gasteiger partial charge in [-0.3, -0.25) is 4.79 Å². The van der Waals surface area contributed by atoms with Gasteiger partial charge in [-0.15, -0.1) is 0 Å². The highest BCUT2D eigenvalue weighted by Gasteiger charge is 2.17. The van der Waals surface area contributed by atoms with Crippen molar-refractivity contribution in [2.45, 2.75) is 6.92 Å². The van der Waals surface area contributed by atoms with Gasteiger partial charge in [0, 0.05) is 24.8 Å². The van der Waals surface area contributed by atoms with Gasteiger partial charge in [-0.25, -0.2) is 14.5 Å². The molecule has 1 amide bonds. The minimum absolute atomic E-state index is 0.277. The van der Waals surface area contributed by atoms with Gasteiger partial charge in [0.25, 0.3) is 5.91 Å². The summed E-state index contributed by atoms with van der Waals surface area (Å²) in [5.41, 5.74) is 3.83. The molecule has 1 fully saturated rings. The van der Waals surface area contributed by atoms with Crippen molar-refractivity contribution in [1.82, 2.24) is 19.6 Å². The molecule has 31 heavy (non-hydrogen) atoms. The van der Waals surface area contributed by atoms with E-state index in [1.807, 2.05) is 43.5 Å². The van der Waals surface area contributed by atoms with Gasteiger partial charge in [-0.05, 0) is 31.2 Å². The molecular formula is C23H22N6O2. The Morgan fingerprint density at radius 1 is 1.06 bits per heavy atom. The molecule has 0 spiro atoms. The fourth-order valence-corrected chi connectivity index (χ4v) is 3.66. The molecule has 156 valence electrons. The third kappa shape index (κ3) is 3.97. The third-order valence-corrected chi connectivity index (χ3v) is 5.23. The van der Waals surface area contributed by atoms with Gasteiger partial charge in [0.2, 0.25) is 0 Å². The summed E-state index contributed by atoms with van der Waals surface area (Å²) in [7, 11) is 0. The smallest absolute Gasteiger partial charge is 0.260 e. The number of fused-ring (bicyclic) bond motifs is 1. The Labute approximate surface area is 179 Å². The molecule has 0 unspecified atom stereocenters. The summed E-state index contributed by atoms with van der Waals surface area (Å²) in [6.45, 7) is 4.96. The molecule has 5 rings (SSSR count). The maximum atomic E-state index is 13.0.